The summed E-state index contributed by atoms with van der Waals surface area (Å²) in [5.74, 6) is 0.154. The number of unbranched alkanes of at least 4 members (excludes halogenated alkanes) is 5. The quantitative estimate of drug-likeness (QED) is 0.0222. The van der Waals surface area contributed by atoms with E-state index in [1.54, 1.807) is 41.8 Å². The minimum absolute atomic E-state index is 0.00642. The third-order valence-corrected chi connectivity index (χ3v) is 15.2. The Hall–Kier alpha value is -6.45. The Morgan fingerprint density at radius 2 is 1.53 bits per heavy atom. The van der Waals surface area contributed by atoms with E-state index in [1.807, 2.05) is 75.8 Å². The summed E-state index contributed by atoms with van der Waals surface area (Å²) in [6.45, 7) is 11.4. The average molecular weight is 1100 g/mol. The van der Waals surface area contributed by atoms with E-state index < -0.39 is 35.4 Å². The van der Waals surface area contributed by atoms with Crippen molar-refractivity contribution in [1.82, 2.24) is 35.7 Å². The molecule has 422 valence electrons. The molecule has 4 amide bonds. The molecule has 0 radical (unpaired) electrons. The number of aromatic hydroxyl groups is 1. The number of carbonyl (C=O) groups is 5. The Kier molecular flexibility index (Phi) is 22.4. The molecule has 7 rings (SSSR count). The molecule has 3 fully saturated rings. The fourth-order valence-corrected chi connectivity index (χ4v) is 10.8. The second-order valence-electron chi connectivity index (χ2n) is 21.2. The van der Waals surface area contributed by atoms with E-state index in [4.69, 9.17) is 18.9 Å². The summed E-state index contributed by atoms with van der Waals surface area (Å²) in [5.41, 5.74) is 4.31. The summed E-state index contributed by atoms with van der Waals surface area (Å²) in [6.07, 6.45) is 11.8. The number of aliphatic hydroxyl groups excluding tert-OH is 1. The van der Waals surface area contributed by atoms with Gasteiger partial charge in [0.15, 0.2) is 5.78 Å². The highest BCUT2D eigenvalue weighted by Gasteiger charge is 2.45. The standard InChI is InChI=1S/C58H78N8O11S/c1-40-54(78-39-62-40)42-18-16-41(17-19-42)33-61-56(72)48-32-45(67)37-66(48)57(73)55(58(2,3)4)63-53(71)38-76-30-29-75-28-27-74-26-23-59-52(70)15-9-7-5-6-8-12-25-77-46-20-21-51(60-34-46)65-36-43-31-44(65)35-64(43)24-22-50(69)47-13-10-11-14-49(47)68/h10-11,13-14,16-22,24,34,39,43-45,48,55,67-68H,5-9,12,15,23,25-33,35-38H2,1-4H3,(H,59,70)(H,61,72)(H,63,71)/b24-22+/t43-,44-,45-,48+,55-/m1/s1. The lowest BCUT2D eigenvalue weighted by atomic mass is 9.85. The van der Waals surface area contributed by atoms with Crippen LogP contribution in [-0.4, -0.2) is 162 Å². The van der Waals surface area contributed by atoms with Gasteiger partial charge in [-0.25, -0.2) is 9.97 Å². The van der Waals surface area contributed by atoms with Crippen molar-refractivity contribution >= 4 is 46.6 Å². The molecule has 20 heteroatoms. The number of likely N-dealkylation sites (tertiary alicyclic amines) is 2. The van der Waals surface area contributed by atoms with Crippen LogP contribution in [0.2, 0.25) is 0 Å². The number of β-amino-alcohol motifs (C(OH)–C–C–N with tert-alkyl or cyclic N) is 1. The summed E-state index contributed by atoms with van der Waals surface area (Å²) in [7, 11) is 0. The number of ether oxygens (including phenoxy) is 4. The first kappa shape index (κ1) is 59.2. The van der Waals surface area contributed by atoms with Crippen LogP contribution in [-0.2, 0) is 39.9 Å². The minimum atomic E-state index is -0.971. The van der Waals surface area contributed by atoms with Crippen LogP contribution in [0.5, 0.6) is 11.5 Å². The molecule has 5 atom stereocenters. The summed E-state index contributed by atoms with van der Waals surface area (Å²) in [4.78, 5) is 81.2. The topological polar surface area (TPSA) is 234 Å². The first-order valence-corrected chi connectivity index (χ1v) is 28.2. The molecule has 4 aromatic rings. The number of aromatic nitrogens is 2. The maximum atomic E-state index is 13.9. The summed E-state index contributed by atoms with van der Waals surface area (Å²) >= 11 is 1.57. The van der Waals surface area contributed by atoms with Gasteiger partial charge in [-0.15, -0.1) is 11.3 Å². The van der Waals surface area contributed by atoms with Crippen LogP contribution in [0.4, 0.5) is 5.82 Å². The van der Waals surface area contributed by atoms with Crippen molar-refractivity contribution in [2.75, 3.05) is 77.3 Å². The van der Waals surface area contributed by atoms with Gasteiger partial charge in [0.2, 0.25) is 23.6 Å². The smallest absolute Gasteiger partial charge is 0.246 e. The Labute approximate surface area is 462 Å². The third-order valence-electron chi connectivity index (χ3n) is 14.2. The highest BCUT2D eigenvalue weighted by molar-refractivity contribution is 7.13. The zero-order chi connectivity index (χ0) is 55.4. The number of anilines is 1. The first-order valence-electron chi connectivity index (χ1n) is 27.3. The number of fused-ring (bicyclic) bond motifs is 2. The average Bonchev–Trinajstić information content (AvgIpc) is 4.31. The number of phenolic OH excluding ortho intramolecular Hbond substituents is 1. The van der Waals surface area contributed by atoms with Gasteiger partial charge in [0.25, 0.3) is 0 Å². The second-order valence-corrected chi connectivity index (χ2v) is 22.1. The van der Waals surface area contributed by atoms with Crippen molar-refractivity contribution < 1.29 is 53.1 Å². The fourth-order valence-electron chi connectivity index (χ4n) is 9.95. The zero-order valence-electron chi connectivity index (χ0n) is 45.5. The SMILES string of the molecule is Cc1ncsc1-c1ccc(CNC(=O)[C@@H]2C[C@@H](O)CN2C(=O)[C@@H](NC(=O)COCCOCCOCCNC(=O)CCCCCCCCOc2ccc(N3C[C@H]4C[C@@H]3CN4/C=C/C(=O)c3ccccc3O)nc2)C(C)(C)C)cc1. The number of pyridine rings is 1. The number of ketones is 1. The maximum Gasteiger partial charge on any atom is 0.246 e. The molecule has 2 bridgehead atoms. The van der Waals surface area contributed by atoms with Crippen molar-refractivity contribution in [3.8, 4) is 21.9 Å². The number of allylic oxidation sites excluding steroid dienone is 1. The van der Waals surface area contributed by atoms with Crippen LogP contribution in [0.1, 0.15) is 100 Å². The Balaban J connectivity index is 0.649. The number of aryl methyl sites for hydroxylation is 1. The largest absolute Gasteiger partial charge is 0.507 e. The molecule has 19 nitrogen and oxygen atoms in total. The summed E-state index contributed by atoms with van der Waals surface area (Å²) < 4.78 is 22.6. The molecule has 2 aromatic carbocycles. The molecule has 3 aliphatic rings. The molecule has 0 saturated carbocycles. The van der Waals surface area contributed by atoms with Gasteiger partial charge in [-0.2, -0.15) is 0 Å². The molecule has 5 N–H and O–H groups in total. The van der Waals surface area contributed by atoms with E-state index in [2.05, 4.69) is 35.7 Å². The van der Waals surface area contributed by atoms with E-state index in [9.17, 15) is 34.2 Å². The lowest BCUT2D eigenvalue weighted by Crippen LogP contribution is -2.58. The molecule has 3 aliphatic heterocycles. The van der Waals surface area contributed by atoms with Crippen LogP contribution in [0.25, 0.3) is 10.4 Å². The molecule has 0 spiro atoms. The number of aliphatic hydroxyl groups is 1. The van der Waals surface area contributed by atoms with E-state index >= 15 is 0 Å². The van der Waals surface area contributed by atoms with Gasteiger partial charge in [-0.1, -0.05) is 82.9 Å². The Morgan fingerprint density at radius 1 is 0.795 bits per heavy atom. The predicted octanol–water partition coefficient (Wildman–Crippen LogP) is 5.96. The molecule has 0 unspecified atom stereocenters. The number of hydrogen-bond donors (Lipinski definition) is 5. The lowest BCUT2D eigenvalue weighted by molar-refractivity contribution is -0.144. The number of para-hydroxylation sites is 1. The number of nitrogens with one attached hydrogen (secondary N) is 3. The van der Waals surface area contributed by atoms with Crippen molar-refractivity contribution in [1.29, 1.82) is 0 Å². The van der Waals surface area contributed by atoms with E-state index in [-0.39, 0.29) is 62.7 Å². The number of phenols is 1. The van der Waals surface area contributed by atoms with Crippen LogP contribution in [0.3, 0.4) is 0 Å². The molecular weight excluding hydrogens is 1020 g/mol. The first-order chi connectivity index (χ1) is 37.6. The van der Waals surface area contributed by atoms with E-state index in [0.717, 1.165) is 91.3 Å². The van der Waals surface area contributed by atoms with Crippen molar-refractivity contribution in [3.05, 3.63) is 101 Å². The van der Waals surface area contributed by atoms with Crippen LogP contribution in [0.15, 0.2) is 84.6 Å². The summed E-state index contributed by atoms with van der Waals surface area (Å²) in [5, 5.41) is 29.1. The number of benzene rings is 2. The highest BCUT2D eigenvalue weighted by Crippen LogP contribution is 2.35. The maximum absolute atomic E-state index is 13.9. The lowest BCUT2D eigenvalue weighted by Gasteiger charge is -2.35. The fraction of sp³-hybridized carbons (Fsp3) is 0.534. The molecular formula is C58H78N8O11S. The third kappa shape index (κ3) is 17.5. The number of carbonyl (C=O) groups excluding carboxylic acids is 5. The van der Waals surface area contributed by atoms with Gasteiger partial charge in [-0.3, -0.25) is 24.0 Å². The van der Waals surface area contributed by atoms with E-state index in [0.29, 0.717) is 57.0 Å². The number of hydrogen-bond acceptors (Lipinski definition) is 16. The number of nitrogens with zero attached hydrogens (tertiary/aromatic N) is 5. The monoisotopic (exact) mass is 1090 g/mol. The van der Waals surface area contributed by atoms with Crippen LogP contribution in [0, 0.1) is 12.3 Å². The van der Waals surface area contributed by atoms with Crippen LogP contribution < -0.4 is 25.6 Å². The zero-order valence-corrected chi connectivity index (χ0v) is 46.3. The van der Waals surface area contributed by atoms with Gasteiger partial charge in [0, 0.05) is 69.9 Å². The number of amides is 4. The van der Waals surface area contributed by atoms with Gasteiger partial charge in [0.1, 0.15) is 36.0 Å². The van der Waals surface area contributed by atoms with Gasteiger partial charge in [0.05, 0.1) is 73.6 Å². The molecule has 78 heavy (non-hydrogen) atoms. The van der Waals surface area contributed by atoms with E-state index in [1.165, 1.54) is 11.0 Å². The van der Waals surface area contributed by atoms with Gasteiger partial charge < -0.3 is 59.8 Å². The van der Waals surface area contributed by atoms with Crippen molar-refractivity contribution in [2.24, 2.45) is 5.41 Å². The van der Waals surface area contributed by atoms with Crippen molar-refractivity contribution in [3.63, 3.8) is 0 Å². The molecule has 2 aromatic heterocycles. The predicted molar refractivity (Wildman–Crippen MR) is 297 cm³/mol. The number of thiazole rings is 1. The number of rotatable bonds is 31. The van der Waals surface area contributed by atoms with Gasteiger partial charge in [-0.05, 0) is 67.0 Å². The Bertz CT molecular complexity index is 2610. The Morgan fingerprint density at radius 3 is 2.22 bits per heavy atom. The highest BCUT2D eigenvalue weighted by atomic mass is 32.1. The van der Waals surface area contributed by atoms with Gasteiger partial charge >= 0.3 is 0 Å². The molecule has 5 heterocycles. The summed E-state index contributed by atoms with van der Waals surface area (Å²) in [6, 6.07) is 17.2. The van der Waals surface area contributed by atoms with Crippen LogP contribution >= 0.6 is 11.3 Å². The molecule has 3 saturated heterocycles. The molecule has 0 aliphatic carbocycles. The minimum Gasteiger partial charge on any atom is -0.507 e. The normalized spacial score (nSPS) is 18.4. The second kappa shape index (κ2) is 29.5. The van der Waals surface area contributed by atoms with Crippen molar-refractivity contribution in [2.45, 2.75) is 122 Å². The number of piperazine rings is 1.